The minimum atomic E-state index is -0.457. The largest absolute Gasteiger partial charge is 1.00 e. The fraction of sp³-hybridized carbons (Fsp3) is 0.158. The number of H-pyrrole nitrogens is 1. The molecule has 1 amide bonds. The summed E-state index contributed by atoms with van der Waals surface area (Å²) in [6, 6.07) is 11.4. The summed E-state index contributed by atoms with van der Waals surface area (Å²) in [6.45, 7) is 1.68. The third-order valence-electron chi connectivity index (χ3n) is 4.16. The smallest absolute Gasteiger partial charge is 0.691 e. The van der Waals surface area contributed by atoms with Gasteiger partial charge in [-0.25, -0.2) is 4.68 Å². The van der Waals surface area contributed by atoms with Gasteiger partial charge in [-0.05, 0) is 43.3 Å². The first kappa shape index (κ1) is 29.2. The number of carbonyl (C=O) groups is 1. The van der Waals surface area contributed by atoms with Gasteiger partial charge in [0.05, 0.1) is 34.1 Å². The third kappa shape index (κ3) is 7.50. The number of benzene rings is 2. The Balaban J connectivity index is 0.00000408. The molecule has 0 radical (unpaired) electrons. The maximum absolute atomic E-state index is 12.9. The molecule has 0 saturated heterocycles. The summed E-state index contributed by atoms with van der Waals surface area (Å²) in [6.07, 6.45) is 0. The molecular formula is C19H15Br2ClN5NaO5S. The number of aryl methyl sites for hydroxylation is 1. The topological polar surface area (TPSA) is 133 Å². The van der Waals surface area contributed by atoms with E-state index in [0.717, 1.165) is 0 Å². The average molecular weight is 644 g/mol. The van der Waals surface area contributed by atoms with Crippen molar-refractivity contribution in [3.63, 3.8) is 0 Å². The molecule has 2 N–H and O–H groups in total. The summed E-state index contributed by atoms with van der Waals surface area (Å²) < 4.78 is 5.49. The van der Waals surface area contributed by atoms with Gasteiger partial charge in [-0.3, -0.25) is 19.7 Å². The van der Waals surface area contributed by atoms with Crippen molar-refractivity contribution in [2.75, 3.05) is 10.6 Å². The third-order valence-corrected chi connectivity index (χ3v) is 7.29. The molecule has 2 aromatic carbocycles. The first-order valence-electron chi connectivity index (χ1n) is 9.11. The van der Waals surface area contributed by atoms with Gasteiger partial charge < -0.3 is 10.6 Å². The molecule has 1 atom stereocenters. The van der Waals surface area contributed by atoms with Gasteiger partial charge in [-0.2, -0.15) is 9.45 Å². The number of carbonyl (C=O) groups excluding carboxylic acids is 1. The van der Waals surface area contributed by atoms with E-state index in [9.17, 15) is 14.8 Å². The van der Waals surface area contributed by atoms with Gasteiger partial charge in [-0.1, -0.05) is 49.5 Å². The number of halogens is 3. The van der Waals surface area contributed by atoms with E-state index in [1.54, 1.807) is 43.3 Å². The summed E-state index contributed by atoms with van der Waals surface area (Å²) in [7, 11) is 0. The summed E-state index contributed by atoms with van der Waals surface area (Å²) in [5, 5.41) is 27.9. The van der Waals surface area contributed by atoms with E-state index in [1.165, 1.54) is 10.7 Å². The number of hydrogen-bond acceptors (Lipinski definition) is 8. The van der Waals surface area contributed by atoms with Crippen molar-refractivity contribution in [1.29, 1.82) is 0 Å². The Morgan fingerprint density at radius 2 is 2.09 bits per heavy atom. The van der Waals surface area contributed by atoms with Crippen molar-refractivity contribution in [1.82, 2.24) is 9.78 Å². The monoisotopic (exact) mass is 641 g/mol. The zero-order valence-electron chi connectivity index (χ0n) is 17.8. The van der Waals surface area contributed by atoms with Gasteiger partial charge in [0.2, 0.25) is 5.91 Å². The molecule has 0 saturated carbocycles. The van der Waals surface area contributed by atoms with E-state index < -0.39 is 5.56 Å². The predicted molar refractivity (Wildman–Crippen MR) is 130 cm³/mol. The molecule has 0 aliphatic heterocycles. The Bertz CT molecular complexity index is 1240. The SMILES string of the molecule is Cc1[nH]n(-c2ccc(SOO[O-])cc2Cl)c(=O)c1N=Nc1cccc(NC(=O)C(Br)CBr)c1.[Na+]. The maximum Gasteiger partial charge on any atom is 1.00 e. The van der Waals surface area contributed by atoms with Crippen molar-refractivity contribution in [3.8, 4) is 5.69 Å². The van der Waals surface area contributed by atoms with Gasteiger partial charge in [0.1, 0.15) is 4.83 Å². The van der Waals surface area contributed by atoms with Crippen LogP contribution < -0.4 is 45.7 Å². The predicted octanol–water partition coefficient (Wildman–Crippen LogP) is 1.87. The number of rotatable bonds is 9. The standard InChI is InChI=1S/C19H16Br2ClN5O5S.Na/c1-10-17(25-24-12-4-2-3-11(7-12)23-18(28)14(21)9-20)19(29)27(26-10)16-6-5-13(8-15(16)22)33-32-31-30;/h2-8,14,26,30H,9H2,1H3,(H,23,28);/q;+1/p-1. The number of hydrogen-bond donors (Lipinski definition) is 2. The van der Waals surface area contributed by atoms with Crippen LogP contribution in [-0.4, -0.2) is 25.8 Å². The van der Waals surface area contributed by atoms with Gasteiger partial charge >= 0.3 is 29.6 Å². The molecule has 10 nitrogen and oxygen atoms in total. The summed E-state index contributed by atoms with van der Waals surface area (Å²) in [5.41, 5.74) is 1.48. The van der Waals surface area contributed by atoms with Crippen LogP contribution in [0.3, 0.4) is 0 Å². The Kier molecular flexibility index (Phi) is 12.0. The fourth-order valence-electron chi connectivity index (χ4n) is 2.64. The van der Waals surface area contributed by atoms with E-state index in [2.05, 4.69) is 61.9 Å². The molecule has 1 unspecified atom stereocenters. The first-order chi connectivity index (χ1) is 15.8. The fourth-order valence-corrected chi connectivity index (χ4v) is 3.78. The van der Waals surface area contributed by atoms with Crippen LogP contribution in [0.5, 0.6) is 0 Å². The van der Waals surface area contributed by atoms with Crippen LogP contribution in [0.2, 0.25) is 5.02 Å². The van der Waals surface area contributed by atoms with Gasteiger partial charge in [0, 0.05) is 15.9 Å². The zero-order valence-corrected chi connectivity index (χ0v) is 24.5. The van der Waals surface area contributed by atoms with Crippen LogP contribution in [0.15, 0.2) is 62.4 Å². The van der Waals surface area contributed by atoms with Crippen molar-refractivity contribution in [3.05, 3.63) is 63.5 Å². The van der Waals surface area contributed by atoms with Gasteiger partial charge in [0.25, 0.3) is 5.56 Å². The van der Waals surface area contributed by atoms with Crippen LogP contribution in [0.1, 0.15) is 5.69 Å². The number of azo groups is 1. The van der Waals surface area contributed by atoms with Crippen LogP contribution >= 0.6 is 55.5 Å². The van der Waals surface area contributed by atoms with Crippen molar-refractivity contribution >= 4 is 78.5 Å². The second-order valence-electron chi connectivity index (χ2n) is 6.42. The molecule has 0 bridgehead atoms. The molecule has 0 fully saturated rings. The van der Waals surface area contributed by atoms with E-state index in [4.69, 9.17) is 11.6 Å². The molecule has 15 heteroatoms. The number of nitrogens with zero attached hydrogens (tertiary/aromatic N) is 3. The molecule has 3 aromatic rings. The average Bonchev–Trinajstić information content (AvgIpc) is 3.08. The number of aromatic nitrogens is 2. The second kappa shape index (κ2) is 13.9. The van der Waals surface area contributed by atoms with Gasteiger partial charge in [0.15, 0.2) is 5.69 Å². The van der Waals surface area contributed by atoms with Crippen molar-refractivity contribution in [2.24, 2.45) is 10.2 Å². The van der Waals surface area contributed by atoms with E-state index >= 15 is 0 Å². The molecule has 0 aliphatic rings. The van der Waals surface area contributed by atoms with Crippen molar-refractivity contribution < 1.29 is 49.0 Å². The maximum atomic E-state index is 12.9. The van der Waals surface area contributed by atoms with Crippen LogP contribution in [0.25, 0.3) is 5.69 Å². The molecule has 1 aromatic heterocycles. The second-order valence-corrected chi connectivity index (χ2v) is 9.35. The summed E-state index contributed by atoms with van der Waals surface area (Å²) >= 11 is 13.5. The number of amides is 1. The molecule has 174 valence electrons. The zero-order chi connectivity index (χ0) is 24.0. The van der Waals surface area contributed by atoms with Crippen LogP contribution in [-0.2, 0) is 14.2 Å². The normalized spacial score (nSPS) is 11.9. The number of anilines is 1. The molecule has 1 heterocycles. The molecular weight excluding hydrogens is 629 g/mol. The summed E-state index contributed by atoms with van der Waals surface area (Å²) in [4.78, 5) is 25.1. The Morgan fingerprint density at radius 1 is 1.32 bits per heavy atom. The quantitative estimate of drug-likeness (QED) is 0.0914. The molecule has 0 aliphatic carbocycles. The molecule has 3 rings (SSSR count). The Morgan fingerprint density at radius 3 is 2.76 bits per heavy atom. The minimum Gasteiger partial charge on any atom is -0.691 e. The summed E-state index contributed by atoms with van der Waals surface area (Å²) in [5.74, 6) is -0.209. The Labute approximate surface area is 242 Å². The van der Waals surface area contributed by atoms with Crippen molar-refractivity contribution in [2.45, 2.75) is 16.6 Å². The van der Waals surface area contributed by atoms with E-state index in [-0.39, 0.29) is 51.0 Å². The molecule has 0 spiro atoms. The van der Waals surface area contributed by atoms with Crippen LogP contribution in [0, 0.1) is 6.92 Å². The van der Waals surface area contributed by atoms with E-state index in [0.29, 0.717) is 45.0 Å². The Hall–Kier alpha value is -1.000. The minimum absolute atomic E-state index is 0. The number of aromatic amines is 1. The number of alkyl halides is 2. The van der Waals surface area contributed by atoms with Crippen LogP contribution in [0.4, 0.5) is 17.1 Å². The van der Waals surface area contributed by atoms with E-state index in [1.807, 2.05) is 0 Å². The number of nitrogens with one attached hydrogen (secondary N) is 2. The first-order valence-corrected chi connectivity index (χ1v) is 12.3. The molecule has 34 heavy (non-hydrogen) atoms. The van der Waals surface area contributed by atoms with Gasteiger partial charge in [-0.15, -0.1) is 5.11 Å².